The largest absolute Gasteiger partial charge is 0.497 e. The van der Waals surface area contributed by atoms with Crippen molar-refractivity contribution in [2.24, 2.45) is 5.92 Å². The molecule has 0 unspecified atom stereocenters. The molecule has 1 aliphatic heterocycles. The molecule has 1 heterocycles. The van der Waals surface area contributed by atoms with Gasteiger partial charge in [-0.3, -0.25) is 0 Å². The Morgan fingerprint density at radius 3 is 2.42 bits per heavy atom. The molecule has 1 aromatic carbocycles. The van der Waals surface area contributed by atoms with Gasteiger partial charge in [0, 0.05) is 6.61 Å². The standard InChI is InChI=1S/C15H23NO3/c1-17-14-2-4-15(5-3-14)19-11-10-18-12-13-6-8-16-9-7-13/h2-5,13,16H,6-12H2,1H3. The lowest BCUT2D eigenvalue weighted by molar-refractivity contribution is 0.0655. The van der Waals surface area contributed by atoms with Crippen molar-refractivity contribution in [1.82, 2.24) is 5.32 Å². The van der Waals surface area contributed by atoms with Gasteiger partial charge in [0.25, 0.3) is 0 Å². The fourth-order valence-electron chi connectivity index (χ4n) is 2.19. The molecule has 0 atom stereocenters. The van der Waals surface area contributed by atoms with Crippen LogP contribution in [0.5, 0.6) is 11.5 Å². The normalized spacial score (nSPS) is 16.3. The Morgan fingerprint density at radius 1 is 1.05 bits per heavy atom. The highest BCUT2D eigenvalue weighted by molar-refractivity contribution is 5.31. The van der Waals surface area contributed by atoms with Crippen molar-refractivity contribution in [2.75, 3.05) is 40.0 Å². The van der Waals surface area contributed by atoms with Crippen LogP contribution in [-0.4, -0.2) is 40.0 Å². The summed E-state index contributed by atoms with van der Waals surface area (Å²) in [6.45, 7) is 4.34. The van der Waals surface area contributed by atoms with Gasteiger partial charge in [0.2, 0.25) is 0 Å². The molecule has 1 aliphatic rings. The molecule has 1 aromatic rings. The Labute approximate surface area is 115 Å². The van der Waals surface area contributed by atoms with E-state index in [-0.39, 0.29) is 0 Å². The molecule has 0 bridgehead atoms. The molecule has 0 aromatic heterocycles. The van der Waals surface area contributed by atoms with Gasteiger partial charge < -0.3 is 19.5 Å². The predicted molar refractivity (Wildman–Crippen MR) is 74.9 cm³/mol. The van der Waals surface area contributed by atoms with E-state index in [1.165, 1.54) is 12.8 Å². The van der Waals surface area contributed by atoms with Crippen LogP contribution < -0.4 is 14.8 Å². The number of piperidine rings is 1. The third kappa shape index (κ3) is 5.09. The lowest BCUT2D eigenvalue weighted by atomic mass is 9.99. The third-order valence-electron chi connectivity index (χ3n) is 3.37. The molecule has 1 fully saturated rings. The van der Waals surface area contributed by atoms with E-state index in [2.05, 4.69) is 5.32 Å². The molecule has 4 nitrogen and oxygen atoms in total. The lowest BCUT2D eigenvalue weighted by Crippen LogP contribution is -2.30. The van der Waals surface area contributed by atoms with Crippen molar-refractivity contribution in [2.45, 2.75) is 12.8 Å². The van der Waals surface area contributed by atoms with E-state index in [9.17, 15) is 0 Å². The van der Waals surface area contributed by atoms with Crippen LogP contribution in [0.1, 0.15) is 12.8 Å². The van der Waals surface area contributed by atoms with Crippen molar-refractivity contribution < 1.29 is 14.2 Å². The third-order valence-corrected chi connectivity index (χ3v) is 3.37. The lowest BCUT2D eigenvalue weighted by Gasteiger charge is -2.22. The minimum absolute atomic E-state index is 0.595. The summed E-state index contributed by atoms with van der Waals surface area (Å²) in [6.07, 6.45) is 2.44. The van der Waals surface area contributed by atoms with Gasteiger partial charge in [-0.05, 0) is 56.1 Å². The average molecular weight is 265 g/mol. The molecule has 2 rings (SSSR count). The van der Waals surface area contributed by atoms with Gasteiger partial charge in [-0.25, -0.2) is 0 Å². The van der Waals surface area contributed by atoms with E-state index in [0.717, 1.165) is 31.2 Å². The molecule has 106 valence electrons. The summed E-state index contributed by atoms with van der Waals surface area (Å²) < 4.78 is 16.4. The van der Waals surface area contributed by atoms with E-state index >= 15 is 0 Å². The minimum atomic E-state index is 0.595. The maximum absolute atomic E-state index is 5.66. The first-order valence-electron chi connectivity index (χ1n) is 6.94. The first-order chi connectivity index (χ1) is 9.38. The van der Waals surface area contributed by atoms with Crippen molar-refractivity contribution >= 4 is 0 Å². The molecular formula is C15H23NO3. The van der Waals surface area contributed by atoms with Crippen LogP contribution in [0.3, 0.4) is 0 Å². The molecule has 0 aliphatic carbocycles. The fourth-order valence-corrected chi connectivity index (χ4v) is 2.19. The average Bonchev–Trinajstić information content (AvgIpc) is 2.49. The summed E-state index contributed by atoms with van der Waals surface area (Å²) in [7, 11) is 1.66. The second-order valence-corrected chi connectivity index (χ2v) is 4.79. The van der Waals surface area contributed by atoms with Crippen molar-refractivity contribution in [3.8, 4) is 11.5 Å². The van der Waals surface area contributed by atoms with E-state index in [1.54, 1.807) is 7.11 Å². The molecule has 1 N–H and O–H groups in total. The molecule has 0 saturated carbocycles. The van der Waals surface area contributed by atoms with Crippen LogP contribution in [0.25, 0.3) is 0 Å². The topological polar surface area (TPSA) is 39.7 Å². The Bertz CT molecular complexity index is 347. The van der Waals surface area contributed by atoms with E-state index in [1.807, 2.05) is 24.3 Å². The molecule has 0 radical (unpaired) electrons. The predicted octanol–water partition coefficient (Wildman–Crippen LogP) is 2.09. The van der Waals surface area contributed by atoms with Crippen molar-refractivity contribution in [3.05, 3.63) is 24.3 Å². The Kier molecular flexibility index (Phi) is 5.98. The number of nitrogens with one attached hydrogen (secondary N) is 1. The first-order valence-corrected chi connectivity index (χ1v) is 6.94. The molecule has 0 amide bonds. The van der Waals surface area contributed by atoms with E-state index in [4.69, 9.17) is 14.2 Å². The van der Waals surface area contributed by atoms with Crippen LogP contribution in [0.15, 0.2) is 24.3 Å². The quantitative estimate of drug-likeness (QED) is 0.766. The Morgan fingerprint density at radius 2 is 1.74 bits per heavy atom. The van der Waals surface area contributed by atoms with Gasteiger partial charge in [0.05, 0.1) is 13.7 Å². The highest BCUT2D eigenvalue weighted by atomic mass is 16.5. The van der Waals surface area contributed by atoms with Gasteiger partial charge in [-0.15, -0.1) is 0 Å². The number of hydrogen-bond donors (Lipinski definition) is 1. The van der Waals surface area contributed by atoms with Crippen LogP contribution >= 0.6 is 0 Å². The monoisotopic (exact) mass is 265 g/mol. The molecule has 0 spiro atoms. The summed E-state index contributed by atoms with van der Waals surface area (Å²) in [4.78, 5) is 0. The van der Waals surface area contributed by atoms with Crippen molar-refractivity contribution in [3.63, 3.8) is 0 Å². The summed E-state index contributed by atoms with van der Waals surface area (Å²) in [6, 6.07) is 7.60. The van der Waals surface area contributed by atoms with Gasteiger partial charge in [-0.2, -0.15) is 0 Å². The SMILES string of the molecule is COc1ccc(OCCOCC2CCNCC2)cc1. The highest BCUT2D eigenvalue weighted by Gasteiger charge is 2.12. The van der Waals surface area contributed by atoms with E-state index < -0.39 is 0 Å². The Hall–Kier alpha value is -1.26. The second-order valence-electron chi connectivity index (χ2n) is 4.79. The van der Waals surface area contributed by atoms with E-state index in [0.29, 0.717) is 19.1 Å². The van der Waals surface area contributed by atoms with Gasteiger partial charge >= 0.3 is 0 Å². The summed E-state index contributed by atoms with van der Waals surface area (Å²) >= 11 is 0. The van der Waals surface area contributed by atoms with Crippen LogP contribution in [0.2, 0.25) is 0 Å². The first kappa shape index (κ1) is 14.2. The zero-order valence-corrected chi connectivity index (χ0v) is 11.6. The van der Waals surface area contributed by atoms with Crippen LogP contribution in [-0.2, 0) is 4.74 Å². The number of benzene rings is 1. The van der Waals surface area contributed by atoms with Gasteiger partial charge in [0.1, 0.15) is 18.1 Å². The smallest absolute Gasteiger partial charge is 0.119 e. The number of methoxy groups -OCH3 is 1. The minimum Gasteiger partial charge on any atom is -0.497 e. The second kappa shape index (κ2) is 8.02. The highest BCUT2D eigenvalue weighted by Crippen LogP contribution is 2.17. The molecule has 4 heteroatoms. The number of ether oxygens (including phenoxy) is 3. The van der Waals surface area contributed by atoms with Crippen LogP contribution in [0.4, 0.5) is 0 Å². The molecule has 19 heavy (non-hydrogen) atoms. The van der Waals surface area contributed by atoms with Gasteiger partial charge in [0.15, 0.2) is 0 Å². The van der Waals surface area contributed by atoms with Crippen molar-refractivity contribution in [1.29, 1.82) is 0 Å². The summed E-state index contributed by atoms with van der Waals surface area (Å²) in [5.74, 6) is 2.41. The Balaban J connectivity index is 1.55. The number of hydrogen-bond acceptors (Lipinski definition) is 4. The summed E-state index contributed by atoms with van der Waals surface area (Å²) in [5, 5.41) is 3.36. The maximum Gasteiger partial charge on any atom is 0.119 e. The molecular weight excluding hydrogens is 242 g/mol. The zero-order chi connectivity index (χ0) is 13.3. The number of rotatable bonds is 7. The summed E-state index contributed by atoms with van der Waals surface area (Å²) in [5.41, 5.74) is 0. The maximum atomic E-state index is 5.66. The zero-order valence-electron chi connectivity index (χ0n) is 11.6. The molecule has 1 saturated heterocycles. The fraction of sp³-hybridized carbons (Fsp3) is 0.600. The van der Waals surface area contributed by atoms with Crippen LogP contribution in [0, 0.1) is 5.92 Å². The van der Waals surface area contributed by atoms with Gasteiger partial charge in [-0.1, -0.05) is 0 Å².